The van der Waals surface area contributed by atoms with Gasteiger partial charge in [-0.1, -0.05) is 13.8 Å². The third-order valence-corrected chi connectivity index (χ3v) is 4.62. The van der Waals surface area contributed by atoms with E-state index in [0.29, 0.717) is 17.4 Å². The summed E-state index contributed by atoms with van der Waals surface area (Å²) in [4.78, 5) is 28.2. The summed E-state index contributed by atoms with van der Waals surface area (Å²) in [7, 11) is 0. The van der Waals surface area contributed by atoms with Gasteiger partial charge < -0.3 is 10.6 Å². The number of thiazole rings is 1. The maximum absolute atomic E-state index is 12.4. The molecule has 136 valence electrons. The number of hydrogen-bond donors (Lipinski definition) is 2. The fraction of sp³-hybridized carbons (Fsp3) is 0.529. The number of nitrogens with zero attached hydrogens (tertiary/aromatic N) is 3. The summed E-state index contributed by atoms with van der Waals surface area (Å²) in [6.45, 7) is 10.3. The molecule has 2 aromatic rings. The quantitative estimate of drug-likeness (QED) is 0.791. The first kappa shape index (κ1) is 19.1. The average molecular weight is 363 g/mol. The van der Waals surface area contributed by atoms with Gasteiger partial charge in [-0.05, 0) is 26.2 Å². The van der Waals surface area contributed by atoms with Crippen molar-refractivity contribution in [3.63, 3.8) is 0 Å². The Kier molecular flexibility index (Phi) is 6.30. The van der Waals surface area contributed by atoms with Crippen LogP contribution in [0.4, 0.5) is 5.82 Å². The first-order valence-electron chi connectivity index (χ1n) is 8.38. The van der Waals surface area contributed by atoms with Crippen LogP contribution in [0.1, 0.15) is 61.3 Å². The van der Waals surface area contributed by atoms with Crippen molar-refractivity contribution in [2.45, 2.75) is 53.6 Å². The van der Waals surface area contributed by atoms with Crippen LogP contribution in [-0.2, 0) is 11.3 Å². The molecule has 0 radical (unpaired) electrons. The minimum atomic E-state index is -0.297. The van der Waals surface area contributed by atoms with E-state index in [9.17, 15) is 9.59 Å². The molecule has 0 saturated carbocycles. The van der Waals surface area contributed by atoms with E-state index in [1.165, 1.54) is 18.3 Å². The number of carbonyl (C=O) groups excluding carboxylic acids is 2. The Morgan fingerprint density at radius 3 is 2.64 bits per heavy atom. The molecule has 0 aromatic carbocycles. The third-order valence-electron chi connectivity index (χ3n) is 3.66. The first-order valence-corrected chi connectivity index (χ1v) is 9.26. The largest absolute Gasteiger partial charge is 0.347 e. The lowest BCUT2D eigenvalue weighted by Gasteiger charge is -2.17. The maximum atomic E-state index is 12.4. The van der Waals surface area contributed by atoms with Crippen LogP contribution in [0.3, 0.4) is 0 Å². The number of aromatic nitrogens is 3. The highest BCUT2D eigenvalue weighted by Crippen LogP contribution is 2.25. The van der Waals surface area contributed by atoms with E-state index >= 15 is 0 Å². The van der Waals surface area contributed by atoms with Crippen molar-refractivity contribution in [3.8, 4) is 0 Å². The molecule has 0 fully saturated rings. The van der Waals surface area contributed by atoms with Crippen LogP contribution in [-0.4, -0.2) is 26.6 Å². The van der Waals surface area contributed by atoms with Crippen LogP contribution in [0.5, 0.6) is 0 Å². The normalized spacial score (nSPS) is 12.2. The standard InChI is InChI=1S/C17H25N5O2S/c1-6-22-11(4)8-15(21-22)20-16(24)14-9-25-17(19-14)13(7-10(2)3)18-12(5)23/h8-10,13H,6-7H2,1-5H3,(H,18,23)(H,20,21,24)/t13-/m1/s1. The lowest BCUT2D eigenvalue weighted by atomic mass is 10.0. The number of carbonyl (C=O) groups is 2. The molecular weight excluding hydrogens is 338 g/mol. The Morgan fingerprint density at radius 1 is 1.36 bits per heavy atom. The smallest absolute Gasteiger partial charge is 0.276 e. The van der Waals surface area contributed by atoms with Crippen LogP contribution in [0.2, 0.25) is 0 Å². The highest BCUT2D eigenvalue weighted by Gasteiger charge is 2.20. The Labute approximate surface area is 151 Å². The van der Waals surface area contributed by atoms with E-state index < -0.39 is 0 Å². The number of rotatable bonds is 7. The van der Waals surface area contributed by atoms with Gasteiger partial charge in [-0.2, -0.15) is 5.10 Å². The maximum Gasteiger partial charge on any atom is 0.276 e. The second-order valence-electron chi connectivity index (χ2n) is 6.39. The van der Waals surface area contributed by atoms with Gasteiger partial charge >= 0.3 is 0 Å². The average Bonchev–Trinajstić information content (AvgIpc) is 3.12. The van der Waals surface area contributed by atoms with Gasteiger partial charge in [0, 0.05) is 30.6 Å². The fourth-order valence-corrected chi connectivity index (χ4v) is 3.42. The van der Waals surface area contributed by atoms with Crippen molar-refractivity contribution in [1.82, 2.24) is 20.1 Å². The molecule has 2 amide bonds. The van der Waals surface area contributed by atoms with Crippen molar-refractivity contribution < 1.29 is 9.59 Å². The topological polar surface area (TPSA) is 88.9 Å². The Morgan fingerprint density at radius 2 is 2.08 bits per heavy atom. The SMILES string of the molecule is CCn1nc(NC(=O)c2csc([C@@H](CC(C)C)NC(C)=O)n2)cc1C. The molecule has 0 aliphatic rings. The summed E-state index contributed by atoms with van der Waals surface area (Å²) < 4.78 is 1.82. The van der Waals surface area contributed by atoms with Gasteiger partial charge in [0.1, 0.15) is 10.7 Å². The zero-order chi connectivity index (χ0) is 18.6. The molecule has 0 aliphatic heterocycles. The summed E-state index contributed by atoms with van der Waals surface area (Å²) >= 11 is 1.38. The Hall–Kier alpha value is -2.22. The molecule has 0 saturated heterocycles. The number of amides is 2. The fourth-order valence-electron chi connectivity index (χ4n) is 2.56. The zero-order valence-corrected chi connectivity index (χ0v) is 16.1. The van der Waals surface area contributed by atoms with E-state index in [4.69, 9.17) is 0 Å². The zero-order valence-electron chi connectivity index (χ0n) is 15.3. The van der Waals surface area contributed by atoms with E-state index in [2.05, 4.69) is 34.6 Å². The van der Waals surface area contributed by atoms with Gasteiger partial charge in [0.05, 0.1) is 6.04 Å². The van der Waals surface area contributed by atoms with Crippen LogP contribution in [0, 0.1) is 12.8 Å². The van der Waals surface area contributed by atoms with E-state index in [0.717, 1.165) is 23.7 Å². The second-order valence-corrected chi connectivity index (χ2v) is 7.28. The van der Waals surface area contributed by atoms with Gasteiger partial charge in [0.15, 0.2) is 5.82 Å². The van der Waals surface area contributed by atoms with Crippen LogP contribution >= 0.6 is 11.3 Å². The molecule has 2 rings (SSSR count). The highest BCUT2D eigenvalue weighted by molar-refractivity contribution is 7.10. The van der Waals surface area contributed by atoms with Crippen molar-refractivity contribution in [2.24, 2.45) is 5.92 Å². The molecule has 25 heavy (non-hydrogen) atoms. The highest BCUT2D eigenvalue weighted by atomic mass is 32.1. The summed E-state index contributed by atoms with van der Waals surface area (Å²) in [6.07, 6.45) is 0.772. The number of aryl methyl sites for hydroxylation is 2. The lowest BCUT2D eigenvalue weighted by Crippen LogP contribution is -2.27. The molecule has 0 spiro atoms. The van der Waals surface area contributed by atoms with Crippen molar-refractivity contribution >= 4 is 29.0 Å². The Balaban J connectivity index is 2.12. The minimum absolute atomic E-state index is 0.104. The molecule has 8 heteroatoms. The summed E-state index contributed by atoms with van der Waals surface area (Å²) in [5.74, 6) is 0.514. The molecule has 2 heterocycles. The van der Waals surface area contributed by atoms with Crippen molar-refractivity contribution in [3.05, 3.63) is 27.8 Å². The molecular formula is C17H25N5O2S. The van der Waals surface area contributed by atoms with E-state index in [1.54, 1.807) is 5.38 Å². The second kappa shape index (κ2) is 8.24. The summed E-state index contributed by atoms with van der Waals surface area (Å²) in [6, 6.07) is 1.65. The molecule has 0 aliphatic carbocycles. The first-order chi connectivity index (χ1) is 11.8. The molecule has 7 nitrogen and oxygen atoms in total. The molecule has 2 N–H and O–H groups in total. The lowest BCUT2D eigenvalue weighted by molar-refractivity contribution is -0.119. The van der Waals surface area contributed by atoms with Crippen LogP contribution in [0.15, 0.2) is 11.4 Å². The molecule has 1 atom stereocenters. The van der Waals surface area contributed by atoms with Gasteiger partial charge in [-0.3, -0.25) is 14.3 Å². The van der Waals surface area contributed by atoms with Gasteiger partial charge in [-0.15, -0.1) is 11.3 Å². The Bertz CT molecular complexity index is 750. The summed E-state index contributed by atoms with van der Waals surface area (Å²) in [5.41, 5.74) is 1.32. The number of hydrogen-bond acceptors (Lipinski definition) is 5. The predicted octanol–water partition coefficient (Wildman–Crippen LogP) is 3.14. The van der Waals surface area contributed by atoms with Crippen LogP contribution in [0.25, 0.3) is 0 Å². The minimum Gasteiger partial charge on any atom is -0.347 e. The van der Waals surface area contributed by atoms with Crippen LogP contribution < -0.4 is 10.6 Å². The monoisotopic (exact) mass is 363 g/mol. The van der Waals surface area contributed by atoms with Crippen molar-refractivity contribution in [2.75, 3.05) is 5.32 Å². The van der Waals surface area contributed by atoms with Gasteiger partial charge in [0.2, 0.25) is 5.91 Å². The molecule has 2 aromatic heterocycles. The molecule has 0 unspecified atom stereocenters. The number of anilines is 1. The third kappa shape index (κ3) is 5.12. The van der Waals surface area contributed by atoms with Gasteiger partial charge in [0.25, 0.3) is 5.91 Å². The predicted molar refractivity (Wildman–Crippen MR) is 98.7 cm³/mol. The summed E-state index contributed by atoms with van der Waals surface area (Å²) in [5, 5.41) is 12.5. The molecule has 0 bridgehead atoms. The van der Waals surface area contributed by atoms with E-state index in [-0.39, 0.29) is 17.9 Å². The van der Waals surface area contributed by atoms with E-state index in [1.807, 2.05) is 24.6 Å². The van der Waals surface area contributed by atoms with Crippen molar-refractivity contribution in [1.29, 1.82) is 0 Å². The van der Waals surface area contributed by atoms with Gasteiger partial charge in [-0.25, -0.2) is 4.98 Å². The number of nitrogens with one attached hydrogen (secondary N) is 2.